The zero-order valence-corrected chi connectivity index (χ0v) is 15.1. The monoisotopic (exact) mass is 361 g/mol. The first-order valence-electron chi connectivity index (χ1n) is 8.65. The second-order valence-corrected chi connectivity index (χ2v) is 6.26. The van der Waals surface area contributed by atoms with Crippen molar-refractivity contribution in [1.29, 1.82) is 0 Å². The molecule has 0 bridgehead atoms. The van der Waals surface area contributed by atoms with Crippen LogP contribution in [-0.2, 0) is 6.54 Å². The largest absolute Gasteiger partial charge is 0.497 e. The molecule has 1 N–H and O–H groups in total. The Morgan fingerprint density at radius 3 is 2.44 bits per heavy atom. The first kappa shape index (κ1) is 17.0. The van der Waals surface area contributed by atoms with Crippen molar-refractivity contribution in [1.82, 2.24) is 0 Å². The number of hydrogen-bond donors (Lipinski definition) is 1. The van der Waals surface area contributed by atoms with E-state index < -0.39 is 5.63 Å². The Kier molecular flexibility index (Phi) is 4.42. The highest BCUT2D eigenvalue weighted by atomic mass is 16.5. The Balaban J connectivity index is 1.83. The van der Waals surface area contributed by atoms with E-state index in [4.69, 9.17) is 13.6 Å². The van der Waals surface area contributed by atoms with Gasteiger partial charge in [-0.3, -0.25) is 0 Å². The van der Waals surface area contributed by atoms with Gasteiger partial charge in [0.05, 0.1) is 12.7 Å². The number of nitrogens with one attached hydrogen (secondary N) is 1. The number of rotatable bonds is 5. The molecule has 4 rings (SSSR count). The standard InChI is InChI=1S/C22H19NO4/c1-14-12-18-20(22(24)26-14)19(16-8-10-17(25-2)11-9-16)21(27-18)23-13-15-6-4-3-5-7-15/h3-12,23H,13H2,1-2H3. The third-order valence-electron chi connectivity index (χ3n) is 4.40. The van der Waals surface area contributed by atoms with Crippen molar-refractivity contribution >= 4 is 16.9 Å². The van der Waals surface area contributed by atoms with E-state index in [2.05, 4.69) is 5.32 Å². The van der Waals surface area contributed by atoms with Crippen LogP contribution in [0.2, 0.25) is 0 Å². The lowest BCUT2D eigenvalue weighted by molar-refractivity contribution is 0.415. The van der Waals surface area contributed by atoms with Crippen LogP contribution in [0, 0.1) is 6.92 Å². The van der Waals surface area contributed by atoms with E-state index in [1.807, 2.05) is 54.6 Å². The van der Waals surface area contributed by atoms with Crippen molar-refractivity contribution in [2.24, 2.45) is 0 Å². The van der Waals surface area contributed by atoms with E-state index in [1.54, 1.807) is 20.1 Å². The summed E-state index contributed by atoms with van der Waals surface area (Å²) >= 11 is 0. The quantitative estimate of drug-likeness (QED) is 0.543. The predicted octanol–water partition coefficient (Wildman–Crippen LogP) is 4.98. The van der Waals surface area contributed by atoms with Crippen LogP contribution in [-0.4, -0.2) is 7.11 Å². The second kappa shape index (κ2) is 7.03. The molecule has 0 aliphatic carbocycles. The molecule has 0 unspecified atom stereocenters. The molecular formula is C22H19NO4. The maximum Gasteiger partial charge on any atom is 0.347 e. The SMILES string of the molecule is COc1ccc(-c2c(NCc3ccccc3)oc3cc(C)oc(=O)c23)cc1. The lowest BCUT2D eigenvalue weighted by atomic mass is 10.0. The summed E-state index contributed by atoms with van der Waals surface area (Å²) in [6.45, 7) is 2.31. The van der Waals surface area contributed by atoms with E-state index >= 15 is 0 Å². The van der Waals surface area contributed by atoms with Crippen LogP contribution in [0.4, 0.5) is 5.88 Å². The Labute approximate surface area is 156 Å². The lowest BCUT2D eigenvalue weighted by Crippen LogP contribution is -2.02. The minimum atomic E-state index is -0.410. The Morgan fingerprint density at radius 2 is 1.74 bits per heavy atom. The first-order chi connectivity index (χ1) is 13.2. The molecule has 5 heteroatoms. The molecule has 0 radical (unpaired) electrons. The summed E-state index contributed by atoms with van der Waals surface area (Å²) < 4.78 is 16.5. The summed E-state index contributed by atoms with van der Waals surface area (Å²) in [7, 11) is 1.62. The highest BCUT2D eigenvalue weighted by Crippen LogP contribution is 2.38. The molecule has 0 aliphatic rings. The van der Waals surface area contributed by atoms with Crippen molar-refractivity contribution in [2.75, 3.05) is 12.4 Å². The minimum Gasteiger partial charge on any atom is -0.497 e. The van der Waals surface area contributed by atoms with Crippen molar-refractivity contribution in [3.8, 4) is 16.9 Å². The zero-order valence-electron chi connectivity index (χ0n) is 15.1. The van der Waals surface area contributed by atoms with Crippen LogP contribution >= 0.6 is 0 Å². The number of hydrogen-bond acceptors (Lipinski definition) is 5. The predicted molar refractivity (Wildman–Crippen MR) is 105 cm³/mol. The Morgan fingerprint density at radius 1 is 1.00 bits per heavy atom. The van der Waals surface area contributed by atoms with E-state index in [0.29, 0.717) is 34.7 Å². The van der Waals surface area contributed by atoms with E-state index in [-0.39, 0.29) is 0 Å². The third-order valence-corrected chi connectivity index (χ3v) is 4.40. The van der Waals surface area contributed by atoms with Crippen LogP contribution in [0.3, 0.4) is 0 Å². The molecule has 136 valence electrons. The van der Waals surface area contributed by atoms with Gasteiger partial charge in [-0.1, -0.05) is 42.5 Å². The number of benzene rings is 2. The molecule has 5 nitrogen and oxygen atoms in total. The highest BCUT2D eigenvalue weighted by Gasteiger charge is 2.20. The normalized spacial score (nSPS) is 10.9. The molecule has 0 spiro atoms. The summed E-state index contributed by atoms with van der Waals surface area (Å²) in [4.78, 5) is 12.5. The number of methoxy groups -OCH3 is 1. The van der Waals surface area contributed by atoms with E-state index in [0.717, 1.165) is 16.9 Å². The van der Waals surface area contributed by atoms with Crippen LogP contribution in [0.5, 0.6) is 5.75 Å². The summed E-state index contributed by atoms with van der Waals surface area (Å²) in [5.41, 5.74) is 2.75. The van der Waals surface area contributed by atoms with Crippen molar-refractivity contribution in [2.45, 2.75) is 13.5 Å². The molecule has 0 saturated heterocycles. The Hall–Kier alpha value is -3.47. The molecule has 0 aliphatic heterocycles. The van der Waals surface area contributed by atoms with Crippen molar-refractivity contribution in [3.63, 3.8) is 0 Å². The Bertz CT molecular complexity index is 1120. The van der Waals surface area contributed by atoms with Crippen LogP contribution < -0.4 is 15.7 Å². The van der Waals surface area contributed by atoms with E-state index in [9.17, 15) is 4.79 Å². The van der Waals surface area contributed by atoms with Gasteiger partial charge >= 0.3 is 5.63 Å². The van der Waals surface area contributed by atoms with Crippen LogP contribution in [0.15, 0.2) is 74.3 Å². The maximum atomic E-state index is 12.5. The first-order valence-corrected chi connectivity index (χ1v) is 8.65. The molecule has 2 aromatic heterocycles. The zero-order chi connectivity index (χ0) is 18.8. The van der Waals surface area contributed by atoms with Crippen LogP contribution in [0.1, 0.15) is 11.3 Å². The average molecular weight is 361 g/mol. The van der Waals surface area contributed by atoms with Gasteiger partial charge in [-0.2, -0.15) is 0 Å². The van der Waals surface area contributed by atoms with Gasteiger partial charge in [0.25, 0.3) is 0 Å². The molecule has 2 aromatic carbocycles. The molecule has 2 heterocycles. The average Bonchev–Trinajstić information content (AvgIpc) is 3.06. The fraction of sp³-hybridized carbons (Fsp3) is 0.136. The summed E-state index contributed by atoms with van der Waals surface area (Å²) in [6, 6.07) is 19.2. The number of fused-ring (bicyclic) bond motifs is 1. The van der Waals surface area contributed by atoms with Gasteiger partial charge in [0, 0.05) is 12.6 Å². The van der Waals surface area contributed by atoms with Gasteiger partial charge in [0.2, 0.25) is 5.88 Å². The number of furan rings is 1. The smallest absolute Gasteiger partial charge is 0.347 e. The topological polar surface area (TPSA) is 64.6 Å². The fourth-order valence-corrected chi connectivity index (χ4v) is 3.10. The van der Waals surface area contributed by atoms with Crippen molar-refractivity contribution < 1.29 is 13.6 Å². The molecule has 4 aromatic rings. The molecule has 0 amide bonds. The van der Waals surface area contributed by atoms with Crippen LogP contribution in [0.25, 0.3) is 22.1 Å². The summed E-state index contributed by atoms with van der Waals surface area (Å²) in [5.74, 6) is 1.79. The van der Waals surface area contributed by atoms with Gasteiger partial charge < -0.3 is 18.9 Å². The van der Waals surface area contributed by atoms with Gasteiger partial charge in [0.1, 0.15) is 22.5 Å². The molecule has 27 heavy (non-hydrogen) atoms. The number of anilines is 1. The van der Waals surface area contributed by atoms with Gasteiger partial charge in [-0.05, 0) is 30.2 Å². The number of aryl methyl sites for hydroxylation is 1. The molecule has 0 fully saturated rings. The molecule has 0 atom stereocenters. The highest BCUT2D eigenvalue weighted by molar-refractivity contribution is 5.99. The molecule has 0 saturated carbocycles. The minimum absolute atomic E-state index is 0.410. The van der Waals surface area contributed by atoms with Gasteiger partial charge in [-0.15, -0.1) is 0 Å². The second-order valence-electron chi connectivity index (χ2n) is 6.26. The summed E-state index contributed by atoms with van der Waals surface area (Å²) in [6.07, 6.45) is 0. The fourth-order valence-electron chi connectivity index (χ4n) is 3.10. The maximum absolute atomic E-state index is 12.5. The molecular weight excluding hydrogens is 342 g/mol. The number of ether oxygens (including phenoxy) is 1. The third kappa shape index (κ3) is 3.31. The van der Waals surface area contributed by atoms with E-state index in [1.165, 1.54) is 0 Å². The summed E-state index contributed by atoms with van der Waals surface area (Å²) in [5, 5.41) is 3.75. The lowest BCUT2D eigenvalue weighted by Gasteiger charge is -2.07. The van der Waals surface area contributed by atoms with Gasteiger partial charge in [0.15, 0.2) is 0 Å². The van der Waals surface area contributed by atoms with Gasteiger partial charge in [-0.25, -0.2) is 4.79 Å². The van der Waals surface area contributed by atoms with Crippen molar-refractivity contribution in [3.05, 3.63) is 82.4 Å².